The van der Waals surface area contributed by atoms with Gasteiger partial charge in [-0.25, -0.2) is 4.79 Å². The Hall–Kier alpha value is -2.57. The van der Waals surface area contributed by atoms with E-state index in [9.17, 15) is 4.79 Å². The summed E-state index contributed by atoms with van der Waals surface area (Å²) in [7, 11) is 0. The van der Waals surface area contributed by atoms with Crippen molar-refractivity contribution >= 4 is 30.1 Å². The van der Waals surface area contributed by atoms with Gasteiger partial charge in [0, 0.05) is 0 Å². The molecule has 1 aliphatic heterocycles. The minimum absolute atomic E-state index is 0.251. The summed E-state index contributed by atoms with van der Waals surface area (Å²) in [6.07, 6.45) is 0.474. The van der Waals surface area contributed by atoms with Crippen LogP contribution in [0.2, 0.25) is 0 Å². The van der Waals surface area contributed by atoms with Gasteiger partial charge >= 0.3 is 149 Å². The normalized spacial score (nSPS) is 16.6. The molecule has 1 aromatic carbocycles. The first-order chi connectivity index (χ1) is 14.6. The first kappa shape index (κ1) is 23.1. The van der Waals surface area contributed by atoms with Crippen molar-refractivity contribution in [3.8, 4) is 11.3 Å². The third-order valence-corrected chi connectivity index (χ3v) is 5.33. The molecule has 0 radical (unpaired) electrons. The summed E-state index contributed by atoms with van der Waals surface area (Å²) < 4.78 is 26.3. The average Bonchev–Trinajstić information content (AvgIpc) is 3.27. The maximum absolute atomic E-state index is 15.1. The Morgan fingerprint density at radius 2 is 2.10 bits per heavy atom. The molecule has 1 amide bonds. The number of furan rings is 1. The molecule has 0 saturated carbocycles. The molecule has 3 rings (SSSR count). The molecule has 31 heavy (non-hydrogen) atoms. The van der Waals surface area contributed by atoms with Gasteiger partial charge in [-0.3, -0.25) is 0 Å². The number of anilines is 1. The molecule has 1 unspecified atom stereocenters. The molecule has 2 heterocycles. The van der Waals surface area contributed by atoms with Crippen LogP contribution < -0.4 is 15.7 Å². The number of nitrogens with one attached hydrogen (secondary N) is 1. The second-order valence-electron chi connectivity index (χ2n) is 9.24. The van der Waals surface area contributed by atoms with Gasteiger partial charge in [0.05, 0.1) is 0 Å². The predicted octanol–water partition coefficient (Wildman–Crippen LogP) is 4.21. The molecular formula is C24H32BFN2O3. The van der Waals surface area contributed by atoms with Crippen LogP contribution in [0.3, 0.4) is 0 Å². The third-order valence-electron chi connectivity index (χ3n) is 5.33. The number of halogens is 1. The Morgan fingerprint density at radius 1 is 1.35 bits per heavy atom. The summed E-state index contributed by atoms with van der Waals surface area (Å²) in [6.45, 7) is 15.3. The zero-order chi connectivity index (χ0) is 22.8. The van der Waals surface area contributed by atoms with Gasteiger partial charge in [0.2, 0.25) is 0 Å². The molecule has 1 fully saturated rings. The first-order valence-electron chi connectivity index (χ1n) is 10.8. The molecule has 7 heteroatoms. The Bertz CT molecular complexity index is 978. The van der Waals surface area contributed by atoms with Crippen LogP contribution in [0.15, 0.2) is 22.6 Å². The summed E-state index contributed by atoms with van der Waals surface area (Å²) in [4.78, 5) is 13.9. The molecule has 2 aromatic rings. The minimum atomic E-state index is -0.520. The summed E-state index contributed by atoms with van der Waals surface area (Å²) in [5, 5.41) is 2.83. The van der Waals surface area contributed by atoms with Crippen molar-refractivity contribution in [3.63, 3.8) is 0 Å². The van der Waals surface area contributed by atoms with Gasteiger partial charge in [0.15, 0.2) is 0 Å². The molecular weight excluding hydrogens is 394 g/mol. The number of benzene rings is 1. The number of amides is 1. The summed E-state index contributed by atoms with van der Waals surface area (Å²) >= 11 is 0. The number of nitrogens with zero attached hydrogens (tertiary/aromatic N) is 1. The average molecular weight is 426 g/mol. The number of hydrogen-bond donors (Lipinski definition) is 1. The Balaban J connectivity index is 1.71. The second kappa shape index (κ2) is 9.29. The van der Waals surface area contributed by atoms with Crippen LogP contribution in [-0.4, -0.2) is 44.2 Å². The summed E-state index contributed by atoms with van der Waals surface area (Å²) in [5.74, 6) is 3.43. The Kier molecular flexibility index (Phi) is 6.92. The number of rotatable bonds is 5. The zero-order valence-electron chi connectivity index (χ0n) is 19.3. The summed E-state index contributed by atoms with van der Waals surface area (Å²) in [5.41, 5.74) is 2.76. The Morgan fingerprint density at radius 3 is 2.77 bits per heavy atom. The fourth-order valence-electron chi connectivity index (χ4n) is 3.96. The van der Waals surface area contributed by atoms with Crippen molar-refractivity contribution in [1.29, 1.82) is 0 Å². The van der Waals surface area contributed by atoms with E-state index < -0.39 is 11.7 Å². The van der Waals surface area contributed by atoms with Gasteiger partial charge in [0.1, 0.15) is 5.60 Å². The topological polar surface area (TPSA) is 54.7 Å². The molecule has 166 valence electrons. The quantitative estimate of drug-likeness (QED) is 0.728. The third kappa shape index (κ3) is 5.78. The van der Waals surface area contributed by atoms with Crippen molar-refractivity contribution in [3.05, 3.63) is 35.3 Å². The molecule has 1 saturated heterocycles. The van der Waals surface area contributed by atoms with E-state index in [1.165, 1.54) is 0 Å². The standard InChI is InChI=1S/C24H32BFN2O3/c1-7-25-19-11-16(3)30-22(19)18-12-20(26)21(10-15(18)2)28-9-8-17(14-28)13-27-23(29)31-24(4,5)6/h7,10-12,17H,8-9,13-14H2,1-6H3,(H,27,29). The molecule has 1 atom stereocenters. The van der Waals surface area contributed by atoms with Gasteiger partial charge in [0.25, 0.3) is 0 Å². The molecule has 5 nitrogen and oxygen atoms in total. The van der Waals surface area contributed by atoms with Gasteiger partial charge < -0.3 is 4.74 Å². The van der Waals surface area contributed by atoms with Crippen LogP contribution in [0.1, 0.15) is 45.4 Å². The van der Waals surface area contributed by atoms with Crippen LogP contribution in [-0.2, 0) is 4.74 Å². The van der Waals surface area contributed by atoms with E-state index in [-0.39, 0.29) is 11.7 Å². The van der Waals surface area contributed by atoms with Crippen LogP contribution in [0.4, 0.5) is 14.9 Å². The molecule has 0 bridgehead atoms. The molecule has 1 N–H and O–H groups in total. The van der Waals surface area contributed by atoms with E-state index in [4.69, 9.17) is 9.15 Å². The van der Waals surface area contributed by atoms with Crippen molar-refractivity contribution in [1.82, 2.24) is 5.32 Å². The van der Waals surface area contributed by atoms with Crippen molar-refractivity contribution in [2.45, 2.75) is 53.6 Å². The fraction of sp³-hybridized carbons (Fsp3) is 0.500. The van der Waals surface area contributed by atoms with Gasteiger partial charge in [-0.15, -0.1) is 0 Å². The van der Waals surface area contributed by atoms with E-state index in [0.717, 1.165) is 35.3 Å². The van der Waals surface area contributed by atoms with Crippen LogP contribution in [0.25, 0.3) is 11.3 Å². The molecule has 0 aliphatic carbocycles. The SMILES string of the molecule is CC=Bc1cc(C)oc1-c1cc(F)c(N2CCC(CNC(=O)OC(C)(C)C)C2)cc1C. The van der Waals surface area contributed by atoms with Gasteiger partial charge in [-0.1, -0.05) is 0 Å². The van der Waals surface area contributed by atoms with Crippen molar-refractivity contribution in [2.24, 2.45) is 5.92 Å². The Labute approximate surface area is 184 Å². The summed E-state index contributed by atoms with van der Waals surface area (Å²) in [6, 6.07) is 5.43. The molecule has 1 aliphatic rings. The number of carbonyl (C=O) groups is 1. The van der Waals surface area contributed by atoms with Crippen LogP contribution in [0, 0.1) is 25.6 Å². The van der Waals surface area contributed by atoms with E-state index in [0.29, 0.717) is 24.5 Å². The van der Waals surface area contributed by atoms with E-state index in [1.54, 1.807) is 6.07 Å². The van der Waals surface area contributed by atoms with E-state index >= 15 is 4.39 Å². The number of aryl methyl sites for hydroxylation is 2. The van der Waals surface area contributed by atoms with Gasteiger partial charge in [-0.05, 0) is 20.8 Å². The monoisotopic (exact) mass is 426 g/mol. The number of alkyl carbamates (subject to hydrolysis) is 1. The van der Waals surface area contributed by atoms with E-state index in [1.807, 2.05) is 71.5 Å². The molecule has 0 spiro atoms. The predicted molar refractivity (Wildman–Crippen MR) is 125 cm³/mol. The zero-order valence-corrected chi connectivity index (χ0v) is 19.3. The van der Waals surface area contributed by atoms with E-state index in [2.05, 4.69) is 5.32 Å². The number of hydrogen-bond acceptors (Lipinski definition) is 4. The molecule has 1 aromatic heterocycles. The first-order valence-corrected chi connectivity index (χ1v) is 10.8. The fourth-order valence-corrected chi connectivity index (χ4v) is 3.96. The van der Waals surface area contributed by atoms with Crippen LogP contribution >= 0.6 is 0 Å². The maximum atomic E-state index is 15.1. The van der Waals surface area contributed by atoms with Crippen LogP contribution in [0.5, 0.6) is 0 Å². The number of carbonyl (C=O) groups excluding carboxylic acids is 1. The number of ether oxygens (including phenoxy) is 1. The second-order valence-corrected chi connectivity index (χ2v) is 9.24. The van der Waals surface area contributed by atoms with Gasteiger partial charge in [-0.2, -0.15) is 0 Å². The van der Waals surface area contributed by atoms with Crippen molar-refractivity contribution in [2.75, 3.05) is 24.5 Å². The van der Waals surface area contributed by atoms with Crippen molar-refractivity contribution < 1.29 is 18.3 Å².